The van der Waals surface area contributed by atoms with E-state index in [1.54, 1.807) is 36.7 Å². The Labute approximate surface area is 157 Å². The minimum Gasteiger partial charge on any atom is -0.477 e. The molecule has 2 heterocycles. The molecule has 6 nitrogen and oxygen atoms in total. The lowest BCUT2D eigenvalue weighted by molar-refractivity contribution is 0.0885. The molecule has 1 aliphatic carbocycles. The number of hydrogen-bond acceptors (Lipinski definition) is 5. The Morgan fingerprint density at radius 3 is 2.73 bits per heavy atom. The number of pyridine rings is 2. The molecule has 0 atom stereocenters. The van der Waals surface area contributed by atoms with Crippen LogP contribution in [0.3, 0.4) is 0 Å². The number of nitrogens with zero attached hydrogens (tertiary/aromatic N) is 2. The topological polar surface area (TPSA) is 73.3 Å². The molecular weight excluding hydrogens is 354 g/mol. The van der Waals surface area contributed by atoms with E-state index in [-0.39, 0.29) is 18.1 Å². The molecule has 0 aliphatic heterocycles. The largest absolute Gasteiger partial charge is 0.477 e. The van der Waals surface area contributed by atoms with Gasteiger partial charge in [-0.15, -0.1) is 0 Å². The second kappa shape index (κ2) is 8.85. The average Bonchev–Trinajstić information content (AvgIpc) is 2.66. The lowest BCUT2D eigenvalue weighted by atomic mass is 9.92. The summed E-state index contributed by atoms with van der Waals surface area (Å²) in [5.41, 5.74) is 0.470. The standard InChI is InChI=1S/C19H22ClN3O3/c1-2-25-19-16(4-3-11-21-19)18(24)23-14-6-8-15(9-7-14)26-17-10-5-13(20)12-22-17/h3-5,10-12,14-15H,2,6-9H2,1H3,(H,23,24). The molecule has 0 radical (unpaired) electrons. The maximum absolute atomic E-state index is 12.5. The quantitative estimate of drug-likeness (QED) is 0.834. The Morgan fingerprint density at radius 1 is 1.23 bits per heavy atom. The number of carbonyl (C=O) groups is 1. The molecule has 1 N–H and O–H groups in total. The SMILES string of the molecule is CCOc1ncccc1C(=O)NC1CCC(Oc2ccc(Cl)cn2)CC1. The van der Waals surface area contributed by atoms with Gasteiger partial charge in [-0.3, -0.25) is 4.79 Å². The van der Waals surface area contributed by atoms with Crippen LogP contribution in [0.2, 0.25) is 5.02 Å². The summed E-state index contributed by atoms with van der Waals surface area (Å²) in [7, 11) is 0. The van der Waals surface area contributed by atoms with Crippen LogP contribution in [0.1, 0.15) is 43.0 Å². The highest BCUT2D eigenvalue weighted by Crippen LogP contribution is 2.24. The first-order valence-corrected chi connectivity index (χ1v) is 9.20. The molecule has 1 saturated carbocycles. The fourth-order valence-corrected chi connectivity index (χ4v) is 3.12. The first-order valence-electron chi connectivity index (χ1n) is 8.82. The number of rotatable bonds is 6. The molecule has 0 bridgehead atoms. The van der Waals surface area contributed by atoms with Crippen molar-refractivity contribution in [1.29, 1.82) is 0 Å². The fraction of sp³-hybridized carbons (Fsp3) is 0.421. The number of hydrogen-bond donors (Lipinski definition) is 1. The molecule has 7 heteroatoms. The van der Waals surface area contributed by atoms with Crippen LogP contribution in [0.5, 0.6) is 11.8 Å². The van der Waals surface area contributed by atoms with Crippen molar-refractivity contribution in [2.75, 3.05) is 6.61 Å². The van der Waals surface area contributed by atoms with Crippen LogP contribution in [0.4, 0.5) is 0 Å². The van der Waals surface area contributed by atoms with Crippen molar-refractivity contribution in [3.63, 3.8) is 0 Å². The molecule has 3 rings (SSSR count). The first kappa shape index (κ1) is 18.5. The van der Waals surface area contributed by atoms with E-state index < -0.39 is 0 Å². The minimum absolute atomic E-state index is 0.106. The van der Waals surface area contributed by atoms with Gasteiger partial charge in [0.05, 0.1) is 11.6 Å². The summed E-state index contributed by atoms with van der Waals surface area (Å²) in [6.07, 6.45) is 6.74. The Balaban J connectivity index is 1.51. The molecule has 0 unspecified atom stereocenters. The van der Waals surface area contributed by atoms with E-state index in [4.69, 9.17) is 21.1 Å². The van der Waals surface area contributed by atoms with Crippen LogP contribution >= 0.6 is 11.6 Å². The molecule has 0 aromatic carbocycles. The molecular formula is C19H22ClN3O3. The van der Waals surface area contributed by atoms with E-state index in [1.807, 2.05) is 6.92 Å². The summed E-state index contributed by atoms with van der Waals surface area (Å²) >= 11 is 5.83. The van der Waals surface area contributed by atoms with Gasteiger partial charge in [-0.1, -0.05) is 11.6 Å². The van der Waals surface area contributed by atoms with Crippen molar-refractivity contribution in [3.05, 3.63) is 47.2 Å². The van der Waals surface area contributed by atoms with E-state index in [9.17, 15) is 4.79 Å². The Kier molecular flexibility index (Phi) is 6.28. The van der Waals surface area contributed by atoms with Crippen LogP contribution in [-0.2, 0) is 0 Å². The van der Waals surface area contributed by atoms with Crippen molar-refractivity contribution in [2.24, 2.45) is 0 Å². The molecule has 1 amide bonds. The summed E-state index contributed by atoms with van der Waals surface area (Å²) in [5.74, 6) is 0.808. The van der Waals surface area contributed by atoms with E-state index in [0.29, 0.717) is 29.0 Å². The van der Waals surface area contributed by atoms with E-state index in [0.717, 1.165) is 25.7 Å². The van der Waals surface area contributed by atoms with E-state index in [2.05, 4.69) is 15.3 Å². The van der Waals surface area contributed by atoms with Gasteiger partial charge in [0.1, 0.15) is 11.7 Å². The minimum atomic E-state index is -0.148. The smallest absolute Gasteiger partial charge is 0.256 e. The second-order valence-electron chi connectivity index (χ2n) is 6.17. The number of nitrogens with one attached hydrogen (secondary N) is 1. The first-order chi connectivity index (χ1) is 12.7. The normalized spacial score (nSPS) is 19.6. The molecule has 0 spiro atoms. The zero-order valence-electron chi connectivity index (χ0n) is 14.7. The predicted molar refractivity (Wildman–Crippen MR) is 98.8 cm³/mol. The molecule has 1 fully saturated rings. The van der Waals surface area contributed by atoms with Crippen molar-refractivity contribution in [1.82, 2.24) is 15.3 Å². The van der Waals surface area contributed by atoms with Crippen molar-refractivity contribution in [3.8, 4) is 11.8 Å². The Bertz CT molecular complexity index is 731. The summed E-state index contributed by atoms with van der Waals surface area (Å²) in [6, 6.07) is 7.12. The molecule has 0 saturated heterocycles. The summed E-state index contributed by atoms with van der Waals surface area (Å²) < 4.78 is 11.3. The molecule has 2 aromatic rings. The molecule has 1 aliphatic rings. The van der Waals surface area contributed by atoms with Gasteiger partial charge in [0.2, 0.25) is 11.8 Å². The number of carbonyl (C=O) groups excluding carboxylic acids is 1. The Morgan fingerprint density at radius 2 is 2.04 bits per heavy atom. The third-order valence-corrected chi connectivity index (χ3v) is 4.52. The highest BCUT2D eigenvalue weighted by Gasteiger charge is 2.25. The zero-order valence-corrected chi connectivity index (χ0v) is 15.4. The summed E-state index contributed by atoms with van der Waals surface area (Å²) in [4.78, 5) is 20.8. The van der Waals surface area contributed by atoms with Gasteiger partial charge < -0.3 is 14.8 Å². The van der Waals surface area contributed by atoms with Crippen LogP contribution in [-0.4, -0.2) is 34.6 Å². The third-order valence-electron chi connectivity index (χ3n) is 4.29. The van der Waals surface area contributed by atoms with Crippen molar-refractivity contribution in [2.45, 2.75) is 44.8 Å². The monoisotopic (exact) mass is 375 g/mol. The van der Waals surface area contributed by atoms with Crippen molar-refractivity contribution < 1.29 is 14.3 Å². The third kappa shape index (κ3) is 4.85. The van der Waals surface area contributed by atoms with E-state index >= 15 is 0 Å². The fourth-order valence-electron chi connectivity index (χ4n) is 3.01. The van der Waals surface area contributed by atoms with Gasteiger partial charge in [0, 0.05) is 24.5 Å². The van der Waals surface area contributed by atoms with Crippen molar-refractivity contribution >= 4 is 17.5 Å². The lowest BCUT2D eigenvalue weighted by Crippen LogP contribution is -2.40. The lowest BCUT2D eigenvalue weighted by Gasteiger charge is -2.29. The maximum atomic E-state index is 12.5. The van der Waals surface area contributed by atoms with Crippen LogP contribution < -0.4 is 14.8 Å². The number of aromatic nitrogens is 2. The number of ether oxygens (including phenoxy) is 2. The van der Waals surface area contributed by atoms with Crippen LogP contribution in [0.15, 0.2) is 36.7 Å². The molecule has 26 heavy (non-hydrogen) atoms. The van der Waals surface area contributed by atoms with Crippen LogP contribution in [0.25, 0.3) is 0 Å². The second-order valence-corrected chi connectivity index (χ2v) is 6.61. The highest BCUT2D eigenvalue weighted by molar-refractivity contribution is 6.30. The van der Waals surface area contributed by atoms with Gasteiger partial charge >= 0.3 is 0 Å². The molecule has 2 aromatic heterocycles. The molecule has 138 valence electrons. The zero-order chi connectivity index (χ0) is 18.4. The van der Waals surface area contributed by atoms with Gasteiger partial charge in [0.25, 0.3) is 5.91 Å². The van der Waals surface area contributed by atoms with Gasteiger partial charge in [-0.25, -0.2) is 9.97 Å². The maximum Gasteiger partial charge on any atom is 0.256 e. The number of amides is 1. The van der Waals surface area contributed by atoms with E-state index in [1.165, 1.54) is 0 Å². The number of halogens is 1. The Hall–Kier alpha value is -2.34. The van der Waals surface area contributed by atoms with Gasteiger partial charge in [-0.05, 0) is 50.8 Å². The highest BCUT2D eigenvalue weighted by atomic mass is 35.5. The van der Waals surface area contributed by atoms with Crippen LogP contribution in [0, 0.1) is 0 Å². The summed E-state index contributed by atoms with van der Waals surface area (Å²) in [5, 5.41) is 3.67. The van der Waals surface area contributed by atoms with Gasteiger partial charge in [0.15, 0.2) is 0 Å². The summed E-state index contributed by atoms with van der Waals surface area (Å²) in [6.45, 7) is 2.34. The average molecular weight is 376 g/mol. The van der Waals surface area contributed by atoms with Gasteiger partial charge in [-0.2, -0.15) is 0 Å². The predicted octanol–water partition coefficient (Wildman–Crippen LogP) is 3.65.